The maximum atomic E-state index is 9.89. The third-order valence-electron chi connectivity index (χ3n) is 1.68. The molecule has 0 amide bonds. The second-order valence-electron chi connectivity index (χ2n) is 3.01. The molecule has 1 N–H and O–H groups in total. The average molecular weight is 145 g/mol. The average Bonchev–Trinajstić information content (AvgIpc) is 1.89. The van der Waals surface area contributed by atoms with Gasteiger partial charge in [-0.2, -0.15) is 4.91 Å². The molecule has 0 saturated carbocycles. The van der Waals surface area contributed by atoms with E-state index in [2.05, 4.69) is 5.18 Å². The van der Waals surface area contributed by atoms with Crippen LogP contribution in [0, 0.1) is 10.3 Å². The Morgan fingerprint density at radius 3 is 2.50 bits per heavy atom. The molecule has 0 aromatic rings. The Hall–Kier alpha value is -0.440. The molecular weight excluding hydrogens is 130 g/mol. The van der Waals surface area contributed by atoms with Crippen LogP contribution in [0.3, 0.4) is 0 Å². The summed E-state index contributed by atoms with van der Waals surface area (Å²) in [4.78, 5) is 9.89. The quantitative estimate of drug-likeness (QED) is 0.597. The molecule has 60 valence electrons. The maximum Gasteiger partial charge on any atom is 0.0886 e. The van der Waals surface area contributed by atoms with Gasteiger partial charge in [0, 0.05) is 5.41 Å². The molecule has 0 aliphatic heterocycles. The van der Waals surface area contributed by atoms with E-state index >= 15 is 0 Å². The van der Waals surface area contributed by atoms with Gasteiger partial charge >= 0.3 is 0 Å². The molecule has 0 fully saturated rings. The first-order chi connectivity index (χ1) is 4.68. The first-order valence-corrected chi connectivity index (χ1v) is 3.58. The summed E-state index contributed by atoms with van der Waals surface area (Å²) in [5, 5.41) is 11.6. The Labute approximate surface area is 61.4 Å². The fraction of sp³-hybridized carbons (Fsp3) is 1.00. The van der Waals surface area contributed by atoms with Crippen molar-refractivity contribution in [1.82, 2.24) is 0 Å². The van der Waals surface area contributed by atoms with E-state index in [1.165, 1.54) is 0 Å². The van der Waals surface area contributed by atoms with Crippen LogP contribution in [-0.4, -0.2) is 18.3 Å². The summed E-state index contributed by atoms with van der Waals surface area (Å²) < 4.78 is 0. The summed E-state index contributed by atoms with van der Waals surface area (Å²) in [6, 6.07) is 0. The molecule has 0 spiro atoms. The maximum absolute atomic E-state index is 9.89. The van der Waals surface area contributed by atoms with Crippen molar-refractivity contribution in [3.8, 4) is 0 Å². The summed E-state index contributed by atoms with van der Waals surface area (Å²) >= 11 is 0. The number of aliphatic hydroxyl groups excluding tert-OH is 1. The zero-order valence-electron chi connectivity index (χ0n) is 6.63. The Bertz CT molecular complexity index is 106. The molecule has 0 rings (SSSR count). The second-order valence-corrected chi connectivity index (χ2v) is 3.01. The van der Waals surface area contributed by atoms with Gasteiger partial charge in [0.25, 0.3) is 0 Å². The van der Waals surface area contributed by atoms with Gasteiger partial charge in [0.1, 0.15) is 0 Å². The van der Waals surface area contributed by atoms with Crippen molar-refractivity contribution in [2.45, 2.75) is 26.7 Å². The van der Waals surface area contributed by atoms with Crippen LogP contribution in [0.25, 0.3) is 0 Å². The largest absolute Gasteiger partial charge is 0.396 e. The SMILES string of the molecule is CCCC(C)(CO)CN=O. The lowest BCUT2D eigenvalue weighted by molar-refractivity contribution is 0.139. The van der Waals surface area contributed by atoms with Gasteiger partial charge in [-0.05, 0) is 6.42 Å². The van der Waals surface area contributed by atoms with E-state index < -0.39 is 0 Å². The van der Waals surface area contributed by atoms with Crippen molar-refractivity contribution >= 4 is 0 Å². The van der Waals surface area contributed by atoms with Crippen LogP contribution in [0.5, 0.6) is 0 Å². The standard InChI is InChI=1S/C7H15NO2/c1-3-4-7(2,6-9)5-8-10/h9H,3-6H2,1-2H3. The van der Waals surface area contributed by atoms with Crippen LogP contribution in [0.15, 0.2) is 5.18 Å². The normalized spacial score (nSPS) is 16.3. The van der Waals surface area contributed by atoms with E-state index in [-0.39, 0.29) is 18.6 Å². The highest BCUT2D eigenvalue weighted by atomic mass is 16.3. The Kier molecular flexibility index (Phi) is 4.19. The molecule has 0 bridgehead atoms. The highest BCUT2D eigenvalue weighted by Crippen LogP contribution is 2.22. The minimum atomic E-state index is -0.281. The summed E-state index contributed by atoms with van der Waals surface area (Å²) in [6.07, 6.45) is 1.84. The van der Waals surface area contributed by atoms with E-state index in [1.807, 2.05) is 13.8 Å². The van der Waals surface area contributed by atoms with Gasteiger partial charge in [-0.1, -0.05) is 25.4 Å². The van der Waals surface area contributed by atoms with Crippen LogP contribution in [0.1, 0.15) is 26.7 Å². The lowest BCUT2D eigenvalue weighted by Gasteiger charge is -2.22. The van der Waals surface area contributed by atoms with E-state index in [0.29, 0.717) is 0 Å². The van der Waals surface area contributed by atoms with Gasteiger partial charge in [-0.25, -0.2) is 0 Å². The van der Waals surface area contributed by atoms with Gasteiger partial charge in [-0.15, -0.1) is 0 Å². The molecule has 10 heavy (non-hydrogen) atoms. The van der Waals surface area contributed by atoms with Gasteiger partial charge in [0.05, 0.1) is 13.2 Å². The fourth-order valence-electron chi connectivity index (χ4n) is 0.968. The lowest BCUT2D eigenvalue weighted by Crippen LogP contribution is -2.24. The van der Waals surface area contributed by atoms with Crippen molar-refractivity contribution in [1.29, 1.82) is 0 Å². The fourth-order valence-corrected chi connectivity index (χ4v) is 0.968. The van der Waals surface area contributed by atoms with Crippen molar-refractivity contribution in [3.63, 3.8) is 0 Å². The first-order valence-electron chi connectivity index (χ1n) is 3.58. The molecule has 0 saturated heterocycles. The Morgan fingerprint density at radius 2 is 2.20 bits per heavy atom. The van der Waals surface area contributed by atoms with E-state index in [4.69, 9.17) is 5.11 Å². The van der Waals surface area contributed by atoms with Crippen molar-refractivity contribution in [3.05, 3.63) is 4.91 Å². The van der Waals surface area contributed by atoms with Crippen LogP contribution >= 0.6 is 0 Å². The number of hydrogen-bond acceptors (Lipinski definition) is 3. The molecule has 0 heterocycles. The third-order valence-corrected chi connectivity index (χ3v) is 1.68. The summed E-state index contributed by atoms with van der Waals surface area (Å²) in [7, 11) is 0. The number of rotatable bonds is 5. The van der Waals surface area contributed by atoms with Crippen LogP contribution in [0.4, 0.5) is 0 Å². The number of nitrogens with zero attached hydrogens (tertiary/aromatic N) is 1. The zero-order valence-corrected chi connectivity index (χ0v) is 6.63. The highest BCUT2D eigenvalue weighted by Gasteiger charge is 2.22. The molecule has 0 aromatic carbocycles. The molecule has 0 aliphatic rings. The number of aliphatic hydroxyl groups is 1. The molecule has 1 unspecified atom stereocenters. The minimum Gasteiger partial charge on any atom is -0.396 e. The molecule has 3 heteroatoms. The Balaban J connectivity index is 3.80. The van der Waals surface area contributed by atoms with Gasteiger partial charge in [0.15, 0.2) is 0 Å². The van der Waals surface area contributed by atoms with Gasteiger partial charge in [0.2, 0.25) is 0 Å². The number of nitroso groups, excluding NO2 is 1. The predicted octanol–water partition coefficient (Wildman–Crippen LogP) is 1.55. The monoisotopic (exact) mass is 145 g/mol. The van der Waals surface area contributed by atoms with E-state index in [9.17, 15) is 4.91 Å². The summed E-state index contributed by atoms with van der Waals surface area (Å²) in [5.41, 5.74) is -0.281. The van der Waals surface area contributed by atoms with Crippen molar-refractivity contribution in [2.24, 2.45) is 10.6 Å². The van der Waals surface area contributed by atoms with Crippen molar-refractivity contribution in [2.75, 3.05) is 13.2 Å². The second kappa shape index (κ2) is 4.39. The van der Waals surface area contributed by atoms with Crippen molar-refractivity contribution < 1.29 is 5.11 Å². The van der Waals surface area contributed by atoms with Gasteiger partial charge in [-0.3, -0.25) is 0 Å². The molecule has 3 nitrogen and oxygen atoms in total. The topological polar surface area (TPSA) is 49.7 Å². The molecule has 0 aromatic heterocycles. The smallest absolute Gasteiger partial charge is 0.0886 e. The van der Waals surface area contributed by atoms with Gasteiger partial charge < -0.3 is 5.11 Å². The third kappa shape index (κ3) is 2.92. The highest BCUT2D eigenvalue weighted by molar-refractivity contribution is 4.74. The van der Waals surface area contributed by atoms with E-state index in [0.717, 1.165) is 12.8 Å². The number of hydrogen-bond donors (Lipinski definition) is 1. The molecular formula is C7H15NO2. The van der Waals surface area contributed by atoms with E-state index in [1.54, 1.807) is 0 Å². The zero-order chi connectivity index (χ0) is 8.04. The minimum absolute atomic E-state index is 0.0482. The first kappa shape index (κ1) is 9.56. The lowest BCUT2D eigenvalue weighted by atomic mass is 9.87. The molecule has 0 aliphatic carbocycles. The summed E-state index contributed by atoms with van der Waals surface area (Å²) in [6.45, 7) is 4.17. The Morgan fingerprint density at radius 1 is 1.60 bits per heavy atom. The summed E-state index contributed by atoms with van der Waals surface area (Å²) in [5.74, 6) is 0. The van der Waals surface area contributed by atoms with Crippen LogP contribution in [0.2, 0.25) is 0 Å². The molecule has 1 atom stereocenters. The molecule has 0 radical (unpaired) electrons. The predicted molar refractivity (Wildman–Crippen MR) is 40.8 cm³/mol. The van der Waals surface area contributed by atoms with Crippen LogP contribution in [-0.2, 0) is 0 Å². The van der Waals surface area contributed by atoms with Crippen LogP contribution < -0.4 is 0 Å².